The first kappa shape index (κ1) is 25.3. The van der Waals surface area contributed by atoms with Gasteiger partial charge >= 0.3 is 0 Å². The minimum Gasteiger partial charge on any atom is -0.360 e. The first-order chi connectivity index (χ1) is 15.5. The number of nitrogens with zero attached hydrogens (tertiary/aromatic N) is 2. The number of benzene rings is 1. The van der Waals surface area contributed by atoms with Crippen LogP contribution in [-0.2, 0) is 24.3 Å². The lowest BCUT2D eigenvalue weighted by Crippen LogP contribution is -2.56. The summed E-state index contributed by atoms with van der Waals surface area (Å²) in [5.74, 6) is -0.916. The molecule has 10 heteroatoms. The van der Waals surface area contributed by atoms with Gasteiger partial charge in [0.2, 0.25) is 15.9 Å². The lowest BCUT2D eigenvalue weighted by molar-refractivity contribution is -0.154. The molecule has 1 aliphatic heterocycles. The summed E-state index contributed by atoms with van der Waals surface area (Å²) in [7, 11) is -3.61. The predicted molar refractivity (Wildman–Crippen MR) is 122 cm³/mol. The number of amides is 2. The summed E-state index contributed by atoms with van der Waals surface area (Å²) in [4.78, 5) is 28.8. The molecule has 2 N–H and O–H groups in total. The SMILES string of the molecule is C=CC(=O)N1CCN(C(=O)[C@H](OC2CCC(S(N)(=O)=O)CC2)c2ccc(C)c(F)c2)C[C@H]1C. The summed E-state index contributed by atoms with van der Waals surface area (Å²) in [6.45, 7) is 8.04. The van der Waals surface area contributed by atoms with E-state index in [1.807, 2.05) is 6.92 Å². The van der Waals surface area contributed by atoms with Crippen molar-refractivity contribution in [1.82, 2.24) is 9.80 Å². The number of nitrogens with two attached hydrogens (primary N) is 1. The highest BCUT2D eigenvalue weighted by atomic mass is 32.2. The average Bonchev–Trinajstić information content (AvgIpc) is 2.78. The summed E-state index contributed by atoms with van der Waals surface area (Å²) in [5, 5.41) is 4.66. The number of sulfonamides is 1. The Morgan fingerprint density at radius 3 is 2.45 bits per heavy atom. The minimum absolute atomic E-state index is 0.186. The molecule has 1 aromatic carbocycles. The van der Waals surface area contributed by atoms with Crippen LogP contribution < -0.4 is 5.14 Å². The lowest BCUT2D eigenvalue weighted by Gasteiger charge is -2.41. The van der Waals surface area contributed by atoms with E-state index in [4.69, 9.17) is 9.88 Å². The Morgan fingerprint density at radius 1 is 1.24 bits per heavy atom. The van der Waals surface area contributed by atoms with E-state index >= 15 is 0 Å². The summed E-state index contributed by atoms with van der Waals surface area (Å²) in [6.07, 6.45) is 1.48. The number of aryl methyl sites for hydroxylation is 1. The van der Waals surface area contributed by atoms with Crippen molar-refractivity contribution in [3.05, 3.63) is 47.8 Å². The summed E-state index contributed by atoms with van der Waals surface area (Å²) in [6, 6.07) is 4.40. The average molecular weight is 482 g/mol. The number of rotatable bonds is 6. The maximum atomic E-state index is 14.3. The van der Waals surface area contributed by atoms with Crippen molar-refractivity contribution in [3.63, 3.8) is 0 Å². The zero-order valence-electron chi connectivity index (χ0n) is 19.1. The molecule has 1 saturated carbocycles. The fraction of sp³-hybridized carbons (Fsp3) is 0.565. The normalized spacial score (nSPS) is 24.9. The maximum absolute atomic E-state index is 14.3. The molecule has 0 spiro atoms. The monoisotopic (exact) mass is 481 g/mol. The van der Waals surface area contributed by atoms with Gasteiger partial charge in [0, 0.05) is 25.7 Å². The molecule has 2 fully saturated rings. The summed E-state index contributed by atoms with van der Waals surface area (Å²) in [5.41, 5.74) is 0.873. The fourth-order valence-corrected chi connectivity index (χ4v) is 5.44. The molecule has 8 nitrogen and oxygen atoms in total. The molecule has 2 aliphatic rings. The molecule has 1 saturated heterocycles. The smallest absolute Gasteiger partial charge is 0.256 e. The Balaban J connectivity index is 1.78. The molecule has 1 aromatic rings. The van der Waals surface area contributed by atoms with Gasteiger partial charge in [-0.05, 0) is 62.8 Å². The first-order valence-electron chi connectivity index (χ1n) is 11.2. The van der Waals surface area contributed by atoms with Gasteiger partial charge in [0.1, 0.15) is 5.82 Å². The van der Waals surface area contributed by atoms with Gasteiger partial charge in [-0.2, -0.15) is 0 Å². The molecule has 3 rings (SSSR count). The van der Waals surface area contributed by atoms with Gasteiger partial charge < -0.3 is 14.5 Å². The topological polar surface area (TPSA) is 110 Å². The fourth-order valence-electron chi connectivity index (χ4n) is 4.51. The van der Waals surface area contributed by atoms with Gasteiger partial charge in [0.25, 0.3) is 5.91 Å². The highest BCUT2D eigenvalue weighted by molar-refractivity contribution is 7.89. The molecule has 2 amide bonds. The Labute approximate surface area is 194 Å². The van der Waals surface area contributed by atoms with Crippen molar-refractivity contribution in [1.29, 1.82) is 0 Å². The van der Waals surface area contributed by atoms with E-state index in [0.29, 0.717) is 56.4 Å². The Kier molecular flexibility index (Phi) is 7.92. The molecule has 0 bridgehead atoms. The van der Waals surface area contributed by atoms with E-state index in [1.54, 1.807) is 28.9 Å². The van der Waals surface area contributed by atoms with E-state index < -0.39 is 27.2 Å². The Bertz CT molecular complexity index is 1010. The van der Waals surface area contributed by atoms with E-state index in [1.165, 1.54) is 12.1 Å². The third-order valence-electron chi connectivity index (χ3n) is 6.53. The lowest BCUT2D eigenvalue weighted by atomic mass is 9.96. The van der Waals surface area contributed by atoms with Gasteiger partial charge in [0.05, 0.1) is 11.4 Å². The maximum Gasteiger partial charge on any atom is 0.256 e. The molecular formula is C23H32FN3O5S. The van der Waals surface area contributed by atoms with Crippen molar-refractivity contribution in [2.24, 2.45) is 5.14 Å². The number of primary sulfonamides is 1. The van der Waals surface area contributed by atoms with E-state index in [-0.39, 0.29) is 24.0 Å². The molecule has 0 unspecified atom stereocenters. The second-order valence-electron chi connectivity index (χ2n) is 8.88. The van der Waals surface area contributed by atoms with Gasteiger partial charge in [-0.25, -0.2) is 17.9 Å². The van der Waals surface area contributed by atoms with Crippen molar-refractivity contribution < 1.29 is 27.1 Å². The van der Waals surface area contributed by atoms with Crippen molar-refractivity contribution in [3.8, 4) is 0 Å². The van der Waals surface area contributed by atoms with Gasteiger partial charge in [0.15, 0.2) is 6.10 Å². The van der Waals surface area contributed by atoms with Crippen LogP contribution in [0.1, 0.15) is 49.8 Å². The van der Waals surface area contributed by atoms with E-state index in [2.05, 4.69) is 6.58 Å². The number of hydrogen-bond acceptors (Lipinski definition) is 5. The van der Waals surface area contributed by atoms with Crippen LogP contribution in [0.3, 0.4) is 0 Å². The number of carbonyl (C=O) groups is 2. The van der Waals surface area contributed by atoms with Gasteiger partial charge in [-0.1, -0.05) is 18.7 Å². The van der Waals surface area contributed by atoms with Crippen molar-refractivity contribution >= 4 is 21.8 Å². The molecule has 1 heterocycles. The Hall–Kier alpha value is -2.30. The molecular weight excluding hydrogens is 449 g/mol. The third-order valence-corrected chi connectivity index (χ3v) is 7.93. The molecule has 1 aliphatic carbocycles. The highest BCUT2D eigenvalue weighted by Gasteiger charge is 2.36. The number of carbonyl (C=O) groups excluding carboxylic acids is 2. The number of piperazine rings is 1. The highest BCUT2D eigenvalue weighted by Crippen LogP contribution is 2.31. The third kappa shape index (κ3) is 5.99. The van der Waals surface area contributed by atoms with Crippen LogP contribution >= 0.6 is 0 Å². The quantitative estimate of drug-likeness (QED) is 0.626. The van der Waals surface area contributed by atoms with Gasteiger partial charge in [-0.15, -0.1) is 0 Å². The summed E-state index contributed by atoms with van der Waals surface area (Å²) >= 11 is 0. The molecule has 0 aromatic heterocycles. The zero-order chi connectivity index (χ0) is 24.3. The minimum atomic E-state index is -3.61. The van der Waals surface area contributed by atoms with Crippen LogP contribution in [0.4, 0.5) is 4.39 Å². The van der Waals surface area contributed by atoms with Crippen LogP contribution in [0.5, 0.6) is 0 Å². The van der Waals surface area contributed by atoms with E-state index in [9.17, 15) is 22.4 Å². The van der Waals surface area contributed by atoms with Crippen LogP contribution in [0, 0.1) is 12.7 Å². The molecule has 2 atom stereocenters. The second-order valence-corrected chi connectivity index (χ2v) is 10.7. The predicted octanol–water partition coefficient (Wildman–Crippen LogP) is 2.04. The van der Waals surface area contributed by atoms with Crippen molar-refractivity contribution in [2.45, 2.75) is 63.0 Å². The van der Waals surface area contributed by atoms with E-state index in [0.717, 1.165) is 0 Å². The Morgan fingerprint density at radius 2 is 1.91 bits per heavy atom. The molecule has 0 radical (unpaired) electrons. The van der Waals surface area contributed by atoms with Crippen LogP contribution in [0.2, 0.25) is 0 Å². The van der Waals surface area contributed by atoms with Crippen molar-refractivity contribution in [2.75, 3.05) is 19.6 Å². The second kappa shape index (κ2) is 10.3. The number of halogens is 1. The van der Waals surface area contributed by atoms with Crippen LogP contribution in [0.25, 0.3) is 0 Å². The molecule has 182 valence electrons. The first-order valence-corrected chi connectivity index (χ1v) is 12.8. The summed E-state index contributed by atoms with van der Waals surface area (Å²) < 4.78 is 43.8. The van der Waals surface area contributed by atoms with Crippen LogP contribution in [-0.4, -0.2) is 67.1 Å². The zero-order valence-corrected chi connectivity index (χ0v) is 19.9. The number of ether oxygens (including phenoxy) is 1. The van der Waals surface area contributed by atoms with Gasteiger partial charge in [-0.3, -0.25) is 9.59 Å². The van der Waals surface area contributed by atoms with Crippen LogP contribution in [0.15, 0.2) is 30.9 Å². The standard InChI is InChI=1S/C23H32FN3O5S/c1-4-21(28)27-12-11-26(14-16(27)3)23(29)22(17-6-5-15(2)20(24)13-17)32-18-7-9-19(10-8-18)33(25,30)31/h4-6,13,16,18-19,22H,1,7-12,14H2,2-3H3,(H2,25,30,31)/t16-,18?,19?,22-/m1/s1. The largest absolute Gasteiger partial charge is 0.360 e. The molecule has 33 heavy (non-hydrogen) atoms. The number of hydrogen-bond donors (Lipinski definition) is 1.